The lowest BCUT2D eigenvalue weighted by Crippen LogP contribution is -2.38. The van der Waals surface area contributed by atoms with Crippen molar-refractivity contribution in [2.45, 2.75) is 33.2 Å². The van der Waals surface area contributed by atoms with Crippen molar-refractivity contribution >= 4 is 16.9 Å². The monoisotopic (exact) mass is 341 g/mol. The average Bonchev–Trinajstić information content (AvgIpc) is 2.97. The Hall–Kier alpha value is -2.27. The quantitative estimate of drug-likeness (QED) is 0.479. The van der Waals surface area contributed by atoms with E-state index in [1.165, 1.54) is 11.1 Å². The topological polar surface area (TPSA) is 58.8 Å². The molecule has 2 N–H and O–H groups in total. The molecule has 0 saturated heterocycles. The zero-order valence-corrected chi connectivity index (χ0v) is 15.1. The highest BCUT2D eigenvalue weighted by atomic mass is 16.5. The van der Waals surface area contributed by atoms with Crippen LogP contribution in [-0.2, 0) is 11.3 Å². The van der Waals surface area contributed by atoms with Gasteiger partial charge in [-0.3, -0.25) is 0 Å². The van der Waals surface area contributed by atoms with E-state index in [0.717, 1.165) is 61.8 Å². The Labute approximate surface area is 149 Å². The van der Waals surface area contributed by atoms with Gasteiger partial charge in [0.15, 0.2) is 5.96 Å². The summed E-state index contributed by atoms with van der Waals surface area (Å²) in [5.74, 6) is 1.75. The normalized spacial score (nSPS) is 15.3. The molecule has 5 heteroatoms. The molecule has 0 bridgehead atoms. The number of guanidine groups is 1. The van der Waals surface area contributed by atoms with Crippen LogP contribution < -0.4 is 10.6 Å². The number of hydrogen-bond acceptors (Lipinski definition) is 3. The summed E-state index contributed by atoms with van der Waals surface area (Å²) < 4.78 is 11.3. The summed E-state index contributed by atoms with van der Waals surface area (Å²) in [6.07, 6.45) is 4.25. The third kappa shape index (κ3) is 4.63. The molecule has 0 amide bonds. The fourth-order valence-electron chi connectivity index (χ4n) is 3.00. The maximum absolute atomic E-state index is 5.94. The van der Waals surface area contributed by atoms with Crippen molar-refractivity contribution in [3.8, 4) is 0 Å². The first-order valence-corrected chi connectivity index (χ1v) is 9.02. The summed E-state index contributed by atoms with van der Waals surface area (Å²) in [7, 11) is 0. The number of nitrogens with zero attached hydrogens (tertiary/aromatic N) is 1. The Kier molecular flexibility index (Phi) is 6.12. The van der Waals surface area contributed by atoms with Gasteiger partial charge < -0.3 is 19.8 Å². The van der Waals surface area contributed by atoms with Gasteiger partial charge in [-0.05, 0) is 32.8 Å². The summed E-state index contributed by atoms with van der Waals surface area (Å²) in [5.41, 5.74) is 3.56. The highest BCUT2D eigenvalue weighted by molar-refractivity contribution is 5.82. The fourth-order valence-corrected chi connectivity index (χ4v) is 3.00. The molecule has 0 fully saturated rings. The molecule has 3 rings (SSSR count). The van der Waals surface area contributed by atoms with E-state index in [1.807, 2.05) is 18.2 Å². The molecule has 0 saturated carbocycles. The van der Waals surface area contributed by atoms with Gasteiger partial charge in [0, 0.05) is 24.0 Å². The number of para-hydroxylation sites is 1. The molecule has 1 aliphatic heterocycles. The molecule has 1 aromatic heterocycles. The van der Waals surface area contributed by atoms with Crippen LogP contribution in [0.3, 0.4) is 0 Å². The van der Waals surface area contributed by atoms with Crippen LogP contribution in [0.5, 0.6) is 0 Å². The van der Waals surface area contributed by atoms with E-state index in [4.69, 9.17) is 9.15 Å². The minimum Gasteiger partial charge on any atom is -0.459 e. The van der Waals surface area contributed by atoms with Crippen molar-refractivity contribution in [3.05, 3.63) is 47.2 Å². The van der Waals surface area contributed by atoms with Gasteiger partial charge in [-0.2, -0.15) is 0 Å². The van der Waals surface area contributed by atoms with Crippen LogP contribution >= 0.6 is 0 Å². The molecular formula is C20H27N3O2. The maximum Gasteiger partial charge on any atom is 0.191 e. The number of aliphatic imine (C=N–C) groups is 1. The standard InChI is InChI=1S/C20H27N3O2/c1-3-21-20(22-11-8-16-9-12-24-13-10-16)23-14-19-15(2)17-6-4-5-7-18(17)25-19/h4-7,9H,3,8,10-14H2,1-2H3,(H2,21,22,23). The second kappa shape index (κ2) is 8.72. The summed E-state index contributed by atoms with van der Waals surface area (Å²) >= 11 is 0. The molecule has 0 radical (unpaired) electrons. The molecule has 1 aromatic carbocycles. The number of fused-ring (bicyclic) bond motifs is 1. The summed E-state index contributed by atoms with van der Waals surface area (Å²) in [5, 5.41) is 7.87. The summed E-state index contributed by atoms with van der Waals surface area (Å²) in [4.78, 5) is 4.68. The van der Waals surface area contributed by atoms with Gasteiger partial charge in [0.2, 0.25) is 0 Å². The molecule has 0 atom stereocenters. The minimum atomic E-state index is 0.534. The van der Waals surface area contributed by atoms with E-state index >= 15 is 0 Å². The third-order valence-electron chi connectivity index (χ3n) is 4.46. The largest absolute Gasteiger partial charge is 0.459 e. The van der Waals surface area contributed by atoms with Gasteiger partial charge in [0.05, 0.1) is 13.2 Å². The minimum absolute atomic E-state index is 0.534. The number of ether oxygens (including phenoxy) is 1. The molecule has 5 nitrogen and oxygen atoms in total. The van der Waals surface area contributed by atoms with Crippen LogP contribution in [-0.4, -0.2) is 32.3 Å². The lowest BCUT2D eigenvalue weighted by molar-refractivity contribution is 0.153. The molecule has 0 unspecified atom stereocenters. The summed E-state index contributed by atoms with van der Waals surface area (Å²) in [6, 6.07) is 8.12. The molecule has 25 heavy (non-hydrogen) atoms. The molecule has 2 heterocycles. The van der Waals surface area contributed by atoms with Crippen LogP contribution in [0.1, 0.15) is 31.1 Å². The van der Waals surface area contributed by atoms with Crippen LogP contribution in [0.25, 0.3) is 11.0 Å². The first kappa shape index (κ1) is 17.5. The predicted molar refractivity (Wildman–Crippen MR) is 102 cm³/mol. The number of nitrogens with one attached hydrogen (secondary N) is 2. The van der Waals surface area contributed by atoms with Crippen LogP contribution in [0.4, 0.5) is 0 Å². The van der Waals surface area contributed by atoms with E-state index in [2.05, 4.69) is 41.6 Å². The first-order chi connectivity index (χ1) is 12.3. The molecule has 1 aliphatic rings. The first-order valence-electron chi connectivity index (χ1n) is 9.02. The van der Waals surface area contributed by atoms with E-state index in [1.54, 1.807) is 0 Å². The Morgan fingerprint density at radius 1 is 1.24 bits per heavy atom. The van der Waals surface area contributed by atoms with Gasteiger partial charge >= 0.3 is 0 Å². The van der Waals surface area contributed by atoms with Crippen molar-refractivity contribution in [1.29, 1.82) is 0 Å². The molecule has 134 valence electrons. The second-order valence-corrected chi connectivity index (χ2v) is 6.21. The predicted octanol–water partition coefficient (Wildman–Crippen LogP) is 3.53. The van der Waals surface area contributed by atoms with Gasteiger partial charge in [-0.25, -0.2) is 4.99 Å². The van der Waals surface area contributed by atoms with Crippen molar-refractivity contribution in [1.82, 2.24) is 10.6 Å². The highest BCUT2D eigenvalue weighted by Gasteiger charge is 2.10. The Morgan fingerprint density at radius 3 is 2.88 bits per heavy atom. The maximum atomic E-state index is 5.94. The van der Waals surface area contributed by atoms with Crippen LogP contribution in [0, 0.1) is 6.92 Å². The SMILES string of the molecule is CCNC(=NCc1oc2ccccc2c1C)NCCC1=CCOCC1. The van der Waals surface area contributed by atoms with Crippen LogP contribution in [0.2, 0.25) is 0 Å². The zero-order chi connectivity index (χ0) is 17.5. The average molecular weight is 341 g/mol. The lowest BCUT2D eigenvalue weighted by atomic mass is 10.1. The third-order valence-corrected chi connectivity index (χ3v) is 4.46. The van der Waals surface area contributed by atoms with E-state index in [9.17, 15) is 0 Å². The number of rotatable bonds is 6. The van der Waals surface area contributed by atoms with E-state index in [-0.39, 0.29) is 0 Å². The summed E-state index contributed by atoms with van der Waals surface area (Å²) in [6.45, 7) is 7.99. The Balaban J connectivity index is 1.60. The van der Waals surface area contributed by atoms with Gasteiger partial charge in [-0.1, -0.05) is 29.8 Å². The van der Waals surface area contributed by atoms with E-state index < -0.39 is 0 Å². The zero-order valence-electron chi connectivity index (χ0n) is 15.1. The second-order valence-electron chi connectivity index (χ2n) is 6.21. The number of hydrogen-bond donors (Lipinski definition) is 2. The van der Waals surface area contributed by atoms with Gasteiger partial charge in [0.1, 0.15) is 17.9 Å². The smallest absolute Gasteiger partial charge is 0.191 e. The van der Waals surface area contributed by atoms with Crippen molar-refractivity contribution in [3.63, 3.8) is 0 Å². The number of aryl methyl sites for hydroxylation is 1. The van der Waals surface area contributed by atoms with E-state index in [0.29, 0.717) is 6.54 Å². The van der Waals surface area contributed by atoms with Gasteiger partial charge in [0.25, 0.3) is 0 Å². The number of furan rings is 1. The highest BCUT2D eigenvalue weighted by Crippen LogP contribution is 2.25. The fraction of sp³-hybridized carbons (Fsp3) is 0.450. The molecule has 0 aliphatic carbocycles. The lowest BCUT2D eigenvalue weighted by Gasteiger charge is -2.15. The Bertz CT molecular complexity index is 761. The van der Waals surface area contributed by atoms with Crippen molar-refractivity contribution in [2.75, 3.05) is 26.3 Å². The molecule has 0 spiro atoms. The molecule has 2 aromatic rings. The van der Waals surface area contributed by atoms with Crippen molar-refractivity contribution in [2.24, 2.45) is 4.99 Å². The van der Waals surface area contributed by atoms with Gasteiger partial charge in [-0.15, -0.1) is 0 Å². The van der Waals surface area contributed by atoms with Crippen LogP contribution in [0.15, 0.2) is 45.3 Å². The van der Waals surface area contributed by atoms with Crippen molar-refractivity contribution < 1.29 is 9.15 Å². The number of benzene rings is 1. The molecular weight excluding hydrogens is 314 g/mol. The Morgan fingerprint density at radius 2 is 2.12 bits per heavy atom.